The molecule has 3 N–H and O–H groups in total. The number of hydrogen-bond acceptors (Lipinski definition) is 7. The highest BCUT2D eigenvalue weighted by Crippen LogP contribution is 2.55. The van der Waals surface area contributed by atoms with Gasteiger partial charge in [-0.05, 0) is 53.1 Å². The molecule has 3 heterocycles. The maximum absolute atomic E-state index is 10.3. The van der Waals surface area contributed by atoms with E-state index in [9.17, 15) is 15.3 Å². The van der Waals surface area contributed by atoms with E-state index in [-0.39, 0.29) is 54.2 Å². The highest BCUT2D eigenvalue weighted by molar-refractivity contribution is 5.56. The van der Waals surface area contributed by atoms with Crippen LogP contribution in [-0.2, 0) is 9.47 Å². The summed E-state index contributed by atoms with van der Waals surface area (Å²) in [5, 5.41) is 29.6. The summed E-state index contributed by atoms with van der Waals surface area (Å²) in [4.78, 5) is 0. The van der Waals surface area contributed by atoms with Crippen molar-refractivity contribution < 1.29 is 34.3 Å². The molecule has 0 aliphatic carbocycles. The summed E-state index contributed by atoms with van der Waals surface area (Å²) >= 11 is 0. The van der Waals surface area contributed by atoms with Crippen molar-refractivity contribution in [2.45, 2.75) is 24.2 Å². The molecule has 6 rings (SSSR count). The van der Waals surface area contributed by atoms with Crippen molar-refractivity contribution in [3.8, 4) is 23.0 Å². The van der Waals surface area contributed by atoms with E-state index in [2.05, 4.69) is 6.07 Å². The predicted octanol–water partition coefficient (Wildman–Crippen LogP) is 4.39. The van der Waals surface area contributed by atoms with Crippen molar-refractivity contribution >= 4 is 0 Å². The van der Waals surface area contributed by atoms with Crippen LogP contribution in [0.15, 0.2) is 60.7 Å². The van der Waals surface area contributed by atoms with Crippen LogP contribution in [0.5, 0.6) is 23.0 Å². The number of phenolic OH excluding ortho intramolecular Hbond substituents is 2. The molecule has 35 heavy (non-hydrogen) atoms. The number of fused-ring (bicyclic) bond motifs is 2. The fourth-order valence-electron chi connectivity index (χ4n) is 5.79. The molecule has 182 valence electrons. The van der Waals surface area contributed by atoms with E-state index in [1.165, 1.54) is 0 Å². The van der Waals surface area contributed by atoms with Crippen molar-refractivity contribution in [2.24, 2.45) is 11.8 Å². The van der Waals surface area contributed by atoms with Crippen molar-refractivity contribution in [1.82, 2.24) is 0 Å². The van der Waals surface area contributed by atoms with Gasteiger partial charge in [0, 0.05) is 17.4 Å². The van der Waals surface area contributed by atoms with E-state index in [1.807, 2.05) is 30.3 Å². The van der Waals surface area contributed by atoms with Gasteiger partial charge < -0.3 is 34.3 Å². The molecule has 7 heteroatoms. The molecule has 3 aromatic rings. The summed E-state index contributed by atoms with van der Waals surface area (Å²) in [7, 11) is 1.61. The van der Waals surface area contributed by atoms with Crippen LogP contribution in [0.4, 0.5) is 0 Å². The van der Waals surface area contributed by atoms with Crippen LogP contribution in [-0.4, -0.2) is 42.3 Å². The van der Waals surface area contributed by atoms with E-state index in [0.717, 1.165) is 22.3 Å². The molecule has 6 atom stereocenters. The van der Waals surface area contributed by atoms with Gasteiger partial charge in [0.25, 0.3) is 0 Å². The summed E-state index contributed by atoms with van der Waals surface area (Å²) in [5.41, 5.74) is 3.79. The summed E-state index contributed by atoms with van der Waals surface area (Å²) < 4.78 is 24.5. The van der Waals surface area contributed by atoms with Gasteiger partial charge in [0.15, 0.2) is 11.5 Å². The third-order valence-electron chi connectivity index (χ3n) is 7.57. The lowest BCUT2D eigenvalue weighted by Gasteiger charge is -2.19. The molecule has 2 saturated heterocycles. The maximum atomic E-state index is 10.3. The van der Waals surface area contributed by atoms with Crippen LogP contribution in [0, 0.1) is 11.8 Å². The van der Waals surface area contributed by atoms with Gasteiger partial charge in [0.1, 0.15) is 17.6 Å². The molecule has 0 bridgehead atoms. The van der Waals surface area contributed by atoms with Gasteiger partial charge in [-0.2, -0.15) is 0 Å². The second-order valence-electron chi connectivity index (χ2n) is 9.49. The second-order valence-corrected chi connectivity index (χ2v) is 9.49. The van der Waals surface area contributed by atoms with Gasteiger partial charge in [0.05, 0.1) is 45.1 Å². The molecule has 3 aromatic carbocycles. The smallest absolute Gasteiger partial charge is 0.165 e. The Morgan fingerprint density at radius 2 is 1.31 bits per heavy atom. The van der Waals surface area contributed by atoms with Gasteiger partial charge in [-0.3, -0.25) is 0 Å². The Bertz CT molecular complexity index is 1210. The SMILES string of the molecule is COc1cc([C@@H]2OC[C@@H]3[C@H]2CO[C@H]3c2ccc(O)cc2)cc2c1O[C@H](c1ccc(O)cc1)[C@H]2CO. The van der Waals surface area contributed by atoms with Crippen molar-refractivity contribution in [3.63, 3.8) is 0 Å². The van der Waals surface area contributed by atoms with Gasteiger partial charge in [-0.15, -0.1) is 0 Å². The maximum Gasteiger partial charge on any atom is 0.165 e. The Morgan fingerprint density at radius 1 is 0.771 bits per heavy atom. The fourth-order valence-corrected chi connectivity index (χ4v) is 5.79. The van der Waals surface area contributed by atoms with Crippen molar-refractivity contribution in [3.05, 3.63) is 82.9 Å². The zero-order chi connectivity index (χ0) is 24.1. The number of phenols is 2. The molecule has 0 amide bonds. The van der Waals surface area contributed by atoms with Gasteiger partial charge in [-0.1, -0.05) is 24.3 Å². The monoisotopic (exact) mass is 476 g/mol. The summed E-state index contributed by atoms with van der Waals surface area (Å²) in [5.74, 6) is 1.77. The normalized spacial score (nSPS) is 29.0. The quantitative estimate of drug-likeness (QED) is 0.502. The fraction of sp³-hybridized carbons (Fsp3) is 0.357. The minimum atomic E-state index is -0.384. The van der Waals surface area contributed by atoms with Gasteiger partial charge in [0.2, 0.25) is 0 Å². The topological polar surface area (TPSA) is 97.6 Å². The molecule has 0 saturated carbocycles. The van der Waals surface area contributed by atoms with E-state index < -0.39 is 0 Å². The number of aliphatic hydroxyl groups is 1. The molecule has 0 radical (unpaired) electrons. The molecule has 3 aliphatic heterocycles. The number of aliphatic hydroxyl groups excluding tert-OH is 1. The number of aromatic hydroxyl groups is 2. The number of rotatable bonds is 5. The minimum absolute atomic E-state index is 0.0747. The molecular weight excluding hydrogens is 448 g/mol. The first kappa shape index (κ1) is 22.2. The third-order valence-corrected chi connectivity index (χ3v) is 7.57. The highest BCUT2D eigenvalue weighted by atomic mass is 16.5. The van der Waals surface area contributed by atoms with Crippen LogP contribution < -0.4 is 9.47 Å². The molecule has 7 nitrogen and oxygen atoms in total. The predicted molar refractivity (Wildman–Crippen MR) is 127 cm³/mol. The summed E-state index contributed by atoms with van der Waals surface area (Å²) in [6.45, 7) is 1.07. The second kappa shape index (κ2) is 8.75. The zero-order valence-corrected chi connectivity index (χ0v) is 19.3. The first-order chi connectivity index (χ1) is 17.1. The molecule has 0 aromatic heterocycles. The van der Waals surface area contributed by atoms with Crippen LogP contribution in [0.25, 0.3) is 0 Å². The Kier molecular flexibility index (Phi) is 5.56. The Balaban J connectivity index is 1.31. The van der Waals surface area contributed by atoms with E-state index in [1.54, 1.807) is 31.4 Å². The molecule has 3 aliphatic rings. The number of benzene rings is 3. The highest BCUT2D eigenvalue weighted by Gasteiger charge is 2.49. The van der Waals surface area contributed by atoms with E-state index >= 15 is 0 Å². The van der Waals surface area contributed by atoms with Crippen LogP contribution >= 0.6 is 0 Å². The lowest BCUT2D eigenvalue weighted by atomic mass is 9.83. The largest absolute Gasteiger partial charge is 0.508 e. The van der Waals surface area contributed by atoms with E-state index in [0.29, 0.717) is 24.7 Å². The minimum Gasteiger partial charge on any atom is -0.508 e. The Morgan fingerprint density at radius 3 is 1.86 bits per heavy atom. The van der Waals surface area contributed by atoms with Crippen LogP contribution in [0.3, 0.4) is 0 Å². The Labute approximate surface area is 203 Å². The number of ether oxygens (including phenoxy) is 4. The van der Waals surface area contributed by atoms with E-state index in [4.69, 9.17) is 18.9 Å². The number of hydrogen-bond donors (Lipinski definition) is 3. The molecule has 2 fully saturated rings. The van der Waals surface area contributed by atoms with Crippen molar-refractivity contribution in [2.75, 3.05) is 26.9 Å². The van der Waals surface area contributed by atoms with Crippen LogP contribution in [0.2, 0.25) is 0 Å². The lowest BCUT2D eigenvalue weighted by Crippen LogP contribution is -2.15. The molecular formula is C28H28O7. The first-order valence-corrected chi connectivity index (χ1v) is 11.9. The molecule has 0 spiro atoms. The molecule has 0 unspecified atom stereocenters. The third kappa shape index (κ3) is 3.71. The average molecular weight is 477 g/mol. The summed E-state index contributed by atoms with van der Waals surface area (Å²) in [6, 6.07) is 18.1. The van der Waals surface area contributed by atoms with Crippen LogP contribution in [0.1, 0.15) is 46.5 Å². The lowest BCUT2D eigenvalue weighted by molar-refractivity contribution is 0.0192. The van der Waals surface area contributed by atoms with Gasteiger partial charge in [-0.25, -0.2) is 0 Å². The first-order valence-electron chi connectivity index (χ1n) is 11.9. The standard InChI is InChI=1S/C28H28O7/c1-32-24-11-17(10-20-21(12-29)27(35-28(20)24)16-4-8-19(31)9-5-16)26-23-14-33-25(22(23)13-34-26)15-2-6-18(30)7-3-15/h2-11,21-23,25-27,29-31H,12-14H2,1H3/t21-,22+,23+,25-,26-,27+/m0/s1. The van der Waals surface area contributed by atoms with Crippen molar-refractivity contribution in [1.29, 1.82) is 0 Å². The average Bonchev–Trinajstić information content (AvgIpc) is 3.57. The number of methoxy groups -OCH3 is 1. The Hall–Kier alpha value is -3.26. The van der Waals surface area contributed by atoms with Gasteiger partial charge >= 0.3 is 0 Å². The zero-order valence-electron chi connectivity index (χ0n) is 19.3. The summed E-state index contributed by atoms with van der Waals surface area (Å²) in [6.07, 6.45) is -0.617.